The molecule has 0 spiro atoms. The number of para-hydroxylation sites is 1. The van der Waals surface area contributed by atoms with Crippen molar-refractivity contribution in [2.24, 2.45) is 7.05 Å². The summed E-state index contributed by atoms with van der Waals surface area (Å²) in [4.78, 5) is 39.5. The zero-order valence-corrected chi connectivity index (χ0v) is 15.6. The molecule has 2 aromatic heterocycles. The molecule has 146 valence electrons. The molecule has 2 N–H and O–H groups in total. The van der Waals surface area contributed by atoms with E-state index in [0.717, 1.165) is 16.5 Å². The van der Waals surface area contributed by atoms with Crippen LogP contribution in [-0.2, 0) is 32.5 Å². The number of nitrogens with one attached hydrogen (secondary N) is 2. The molecule has 0 aliphatic heterocycles. The van der Waals surface area contributed by atoms with Gasteiger partial charge >= 0.3 is 11.9 Å². The Balaban J connectivity index is 1.64. The number of aromatic nitrogens is 2. The zero-order valence-electron chi connectivity index (χ0n) is 15.6. The fourth-order valence-corrected chi connectivity index (χ4v) is 2.97. The molecule has 1 atom stereocenters. The van der Waals surface area contributed by atoms with E-state index in [-0.39, 0.29) is 6.42 Å². The van der Waals surface area contributed by atoms with Crippen LogP contribution in [0, 0.1) is 0 Å². The van der Waals surface area contributed by atoms with Crippen LogP contribution in [-0.4, -0.2) is 47.2 Å². The highest BCUT2D eigenvalue weighted by atomic mass is 16.5. The number of rotatable bonds is 7. The summed E-state index contributed by atoms with van der Waals surface area (Å²) in [5.41, 5.74) is 2.13. The quantitative estimate of drug-likeness (QED) is 0.603. The van der Waals surface area contributed by atoms with Crippen molar-refractivity contribution in [1.29, 1.82) is 0 Å². The van der Waals surface area contributed by atoms with Gasteiger partial charge < -0.3 is 24.3 Å². The summed E-state index contributed by atoms with van der Waals surface area (Å²) in [5.74, 6) is -1.78. The first kappa shape index (κ1) is 19.2. The summed E-state index contributed by atoms with van der Waals surface area (Å²) in [7, 11) is 2.96. The number of H-pyrrole nitrogens is 1. The first-order valence-electron chi connectivity index (χ1n) is 8.70. The van der Waals surface area contributed by atoms with Gasteiger partial charge in [0.2, 0.25) is 0 Å². The highest BCUT2D eigenvalue weighted by Crippen LogP contribution is 2.19. The Morgan fingerprint density at radius 1 is 1.18 bits per heavy atom. The third-order valence-corrected chi connectivity index (χ3v) is 4.41. The Morgan fingerprint density at radius 3 is 2.68 bits per heavy atom. The second kappa shape index (κ2) is 8.43. The fraction of sp³-hybridized carbons (Fsp3) is 0.250. The number of carbonyl (C=O) groups excluding carboxylic acids is 3. The summed E-state index contributed by atoms with van der Waals surface area (Å²) < 4.78 is 11.4. The highest BCUT2D eigenvalue weighted by Gasteiger charge is 2.24. The number of esters is 2. The van der Waals surface area contributed by atoms with Gasteiger partial charge in [-0.3, -0.25) is 4.79 Å². The summed E-state index contributed by atoms with van der Waals surface area (Å²) >= 11 is 0. The van der Waals surface area contributed by atoms with Gasteiger partial charge in [-0.2, -0.15) is 0 Å². The van der Waals surface area contributed by atoms with E-state index in [0.29, 0.717) is 5.69 Å². The van der Waals surface area contributed by atoms with Crippen molar-refractivity contribution >= 4 is 28.7 Å². The molecular formula is C20H21N3O5. The number of fused-ring (bicyclic) bond motifs is 1. The molecule has 0 unspecified atom stereocenters. The van der Waals surface area contributed by atoms with Crippen molar-refractivity contribution in [2.75, 3.05) is 13.7 Å². The number of amides is 1. The molecule has 8 heteroatoms. The Labute approximate surface area is 161 Å². The Kier molecular flexibility index (Phi) is 5.78. The number of aromatic amines is 1. The van der Waals surface area contributed by atoms with Gasteiger partial charge in [-0.05, 0) is 23.8 Å². The average Bonchev–Trinajstić information content (AvgIpc) is 3.31. The van der Waals surface area contributed by atoms with Crippen LogP contribution < -0.4 is 5.32 Å². The normalized spacial score (nSPS) is 11.8. The third-order valence-electron chi connectivity index (χ3n) is 4.41. The van der Waals surface area contributed by atoms with Gasteiger partial charge in [-0.25, -0.2) is 9.59 Å². The van der Waals surface area contributed by atoms with Crippen LogP contribution in [0.3, 0.4) is 0 Å². The van der Waals surface area contributed by atoms with E-state index in [1.807, 2.05) is 24.3 Å². The largest absolute Gasteiger partial charge is 0.467 e. The Morgan fingerprint density at radius 2 is 1.96 bits per heavy atom. The second-order valence-corrected chi connectivity index (χ2v) is 6.29. The van der Waals surface area contributed by atoms with Crippen molar-refractivity contribution in [3.05, 3.63) is 60.0 Å². The van der Waals surface area contributed by atoms with Crippen LogP contribution in [0.25, 0.3) is 10.9 Å². The number of ether oxygens (including phenoxy) is 2. The lowest BCUT2D eigenvalue weighted by molar-refractivity contribution is -0.145. The Hall–Kier alpha value is -3.55. The Bertz CT molecular complexity index is 1000. The molecule has 0 saturated carbocycles. The maximum atomic E-state index is 12.2. The van der Waals surface area contributed by atoms with Gasteiger partial charge in [-0.15, -0.1) is 0 Å². The van der Waals surface area contributed by atoms with E-state index in [9.17, 15) is 14.4 Å². The molecule has 3 aromatic rings. The van der Waals surface area contributed by atoms with Crippen molar-refractivity contribution in [1.82, 2.24) is 14.9 Å². The molecule has 0 saturated heterocycles. The molecular weight excluding hydrogens is 362 g/mol. The molecule has 3 rings (SSSR count). The van der Waals surface area contributed by atoms with E-state index in [2.05, 4.69) is 10.3 Å². The van der Waals surface area contributed by atoms with E-state index >= 15 is 0 Å². The van der Waals surface area contributed by atoms with Crippen molar-refractivity contribution in [3.63, 3.8) is 0 Å². The van der Waals surface area contributed by atoms with Crippen LogP contribution in [0.1, 0.15) is 16.1 Å². The van der Waals surface area contributed by atoms with Crippen LogP contribution in [0.4, 0.5) is 0 Å². The number of carbonyl (C=O) groups is 3. The number of hydrogen-bond acceptors (Lipinski definition) is 5. The van der Waals surface area contributed by atoms with Gasteiger partial charge in [0, 0.05) is 36.8 Å². The molecule has 28 heavy (non-hydrogen) atoms. The van der Waals surface area contributed by atoms with Crippen molar-refractivity contribution < 1.29 is 23.9 Å². The van der Waals surface area contributed by atoms with Crippen LogP contribution in [0.5, 0.6) is 0 Å². The summed E-state index contributed by atoms with van der Waals surface area (Å²) in [6.07, 6.45) is 3.74. The van der Waals surface area contributed by atoms with Crippen LogP contribution in [0.15, 0.2) is 48.8 Å². The molecule has 0 fully saturated rings. The minimum Gasteiger partial charge on any atom is -0.467 e. The number of methoxy groups -OCH3 is 1. The summed E-state index contributed by atoms with van der Waals surface area (Å²) in [6.45, 7) is -0.495. The number of benzene rings is 1. The topological polar surface area (TPSA) is 102 Å². The summed E-state index contributed by atoms with van der Waals surface area (Å²) in [6, 6.07) is 10.1. The SMILES string of the molecule is COC(=O)[C@@H](Cc1c[nH]c2ccccc12)NC(=O)COC(=O)c1cccn1C. The lowest BCUT2D eigenvalue weighted by Gasteiger charge is -2.16. The van der Waals surface area contributed by atoms with Gasteiger partial charge in [-0.1, -0.05) is 18.2 Å². The lowest BCUT2D eigenvalue weighted by Crippen LogP contribution is -2.44. The zero-order chi connectivity index (χ0) is 20.1. The van der Waals surface area contributed by atoms with Gasteiger partial charge in [0.15, 0.2) is 6.61 Å². The van der Waals surface area contributed by atoms with Gasteiger partial charge in [0.25, 0.3) is 5.91 Å². The smallest absolute Gasteiger partial charge is 0.355 e. The number of aryl methyl sites for hydroxylation is 1. The molecule has 1 aromatic carbocycles. The minimum atomic E-state index is -0.898. The third kappa shape index (κ3) is 4.22. The number of hydrogen-bond donors (Lipinski definition) is 2. The minimum absolute atomic E-state index is 0.244. The van der Waals surface area contributed by atoms with E-state index < -0.39 is 30.5 Å². The van der Waals surface area contributed by atoms with Crippen molar-refractivity contribution in [2.45, 2.75) is 12.5 Å². The molecule has 0 aliphatic rings. The number of nitrogens with zero attached hydrogens (tertiary/aromatic N) is 1. The van der Waals surface area contributed by atoms with Crippen LogP contribution in [0.2, 0.25) is 0 Å². The van der Waals surface area contributed by atoms with Crippen LogP contribution >= 0.6 is 0 Å². The second-order valence-electron chi connectivity index (χ2n) is 6.29. The molecule has 0 bridgehead atoms. The molecule has 0 radical (unpaired) electrons. The molecule has 8 nitrogen and oxygen atoms in total. The lowest BCUT2D eigenvalue weighted by atomic mass is 10.0. The monoisotopic (exact) mass is 383 g/mol. The summed E-state index contributed by atoms with van der Waals surface area (Å²) in [5, 5.41) is 3.53. The molecule has 1 amide bonds. The predicted molar refractivity (Wildman–Crippen MR) is 102 cm³/mol. The molecule has 0 aliphatic carbocycles. The first-order valence-corrected chi connectivity index (χ1v) is 8.70. The molecule has 2 heterocycles. The standard InChI is InChI=1S/C20H21N3O5/c1-23-9-5-8-17(23)20(26)28-12-18(24)22-16(19(25)27-2)10-13-11-21-15-7-4-3-6-14(13)15/h3-9,11,16,21H,10,12H2,1-2H3,(H,22,24)/t16-/m1/s1. The first-order chi connectivity index (χ1) is 13.5. The van der Waals surface area contributed by atoms with E-state index in [4.69, 9.17) is 9.47 Å². The average molecular weight is 383 g/mol. The fourth-order valence-electron chi connectivity index (χ4n) is 2.97. The van der Waals surface area contributed by atoms with Gasteiger partial charge in [0.05, 0.1) is 7.11 Å². The maximum absolute atomic E-state index is 12.2. The van der Waals surface area contributed by atoms with E-state index in [1.165, 1.54) is 7.11 Å². The van der Waals surface area contributed by atoms with E-state index in [1.54, 1.807) is 36.1 Å². The predicted octanol–water partition coefficient (Wildman–Crippen LogP) is 1.56. The van der Waals surface area contributed by atoms with Gasteiger partial charge in [0.1, 0.15) is 11.7 Å². The highest BCUT2D eigenvalue weighted by molar-refractivity contribution is 5.91. The van der Waals surface area contributed by atoms with Crippen molar-refractivity contribution in [3.8, 4) is 0 Å². The maximum Gasteiger partial charge on any atom is 0.355 e.